The van der Waals surface area contributed by atoms with Gasteiger partial charge in [0, 0.05) is 13.1 Å². The van der Waals surface area contributed by atoms with Crippen LogP contribution in [-0.4, -0.2) is 19.1 Å². The average Bonchev–Trinajstić information content (AvgIpc) is 2.58. The molecule has 0 heterocycles. The van der Waals surface area contributed by atoms with Crippen molar-refractivity contribution >= 4 is 6.03 Å². The van der Waals surface area contributed by atoms with Crippen molar-refractivity contribution in [3.05, 3.63) is 65.2 Å². The third-order valence-corrected chi connectivity index (χ3v) is 3.30. The summed E-state index contributed by atoms with van der Waals surface area (Å²) >= 11 is 0. The fraction of sp³-hybridized carbons (Fsp3) is 0.278. The van der Waals surface area contributed by atoms with Gasteiger partial charge in [0.2, 0.25) is 0 Å². The van der Waals surface area contributed by atoms with E-state index in [1.165, 1.54) is 0 Å². The number of nitrogens with one attached hydrogen (secondary N) is 2. The maximum absolute atomic E-state index is 12.1. The van der Waals surface area contributed by atoms with Crippen molar-refractivity contribution in [1.82, 2.24) is 10.6 Å². The number of carbonyl (C=O) groups is 1. The highest BCUT2D eigenvalue weighted by atomic mass is 19.3. The molecule has 2 amide bonds. The van der Waals surface area contributed by atoms with Gasteiger partial charge < -0.3 is 15.4 Å². The van der Waals surface area contributed by atoms with Gasteiger partial charge in [-0.25, -0.2) is 13.6 Å². The molecule has 128 valence electrons. The van der Waals surface area contributed by atoms with Crippen molar-refractivity contribution in [2.24, 2.45) is 0 Å². The van der Waals surface area contributed by atoms with Crippen LogP contribution in [0.3, 0.4) is 0 Å². The summed E-state index contributed by atoms with van der Waals surface area (Å²) in [6, 6.07) is 14.3. The lowest BCUT2D eigenvalue weighted by Crippen LogP contribution is -2.34. The number of alkyl halides is 2. The number of ether oxygens (including phenoxy) is 1. The monoisotopic (exact) mass is 334 g/mol. The van der Waals surface area contributed by atoms with Gasteiger partial charge in [-0.2, -0.15) is 0 Å². The number of hydrogen-bond acceptors (Lipinski definition) is 2. The first-order valence-electron chi connectivity index (χ1n) is 7.60. The van der Waals surface area contributed by atoms with Gasteiger partial charge in [-0.3, -0.25) is 0 Å². The normalized spacial score (nSPS) is 10.5. The Balaban J connectivity index is 1.76. The zero-order chi connectivity index (χ0) is 17.4. The average molecular weight is 334 g/mol. The summed E-state index contributed by atoms with van der Waals surface area (Å²) in [6.07, 6.45) is -2.51. The molecule has 2 N–H and O–H groups in total. The minimum atomic E-state index is -2.51. The lowest BCUT2D eigenvalue weighted by atomic mass is 10.1. The summed E-state index contributed by atoms with van der Waals surface area (Å²) in [7, 11) is 0. The molecular weight excluding hydrogens is 314 g/mol. The highest BCUT2D eigenvalue weighted by molar-refractivity contribution is 5.73. The molecule has 0 aromatic heterocycles. The SMILES string of the molecule is Cc1ccc(CNC(=O)NCc2cccc(OCC(F)F)c2)cc1. The Morgan fingerprint density at radius 3 is 2.38 bits per heavy atom. The Morgan fingerprint density at radius 1 is 1.04 bits per heavy atom. The molecule has 0 atom stereocenters. The van der Waals surface area contributed by atoms with Gasteiger partial charge in [0.1, 0.15) is 12.4 Å². The van der Waals surface area contributed by atoms with E-state index in [0.29, 0.717) is 12.3 Å². The molecule has 6 heteroatoms. The second-order valence-corrected chi connectivity index (χ2v) is 5.37. The molecular formula is C18H20F2N2O2. The Bertz CT molecular complexity index is 660. The summed E-state index contributed by atoms with van der Waals surface area (Å²) in [6.45, 7) is 2.08. The predicted octanol–water partition coefficient (Wildman–Crippen LogP) is 3.64. The standard InChI is InChI=1S/C18H20F2N2O2/c1-13-5-7-14(8-6-13)10-21-18(23)22-11-15-3-2-4-16(9-15)24-12-17(19)20/h2-9,17H,10-12H2,1H3,(H2,21,22,23). The van der Waals surface area contributed by atoms with E-state index in [4.69, 9.17) is 4.74 Å². The first kappa shape index (κ1) is 17.7. The largest absolute Gasteiger partial charge is 0.488 e. The lowest BCUT2D eigenvalue weighted by Gasteiger charge is -2.10. The van der Waals surface area contributed by atoms with Gasteiger partial charge in [0.25, 0.3) is 6.43 Å². The molecule has 24 heavy (non-hydrogen) atoms. The number of urea groups is 1. The number of rotatable bonds is 7. The molecule has 0 saturated heterocycles. The number of aryl methyl sites for hydroxylation is 1. The number of hydrogen-bond donors (Lipinski definition) is 2. The zero-order valence-corrected chi connectivity index (χ0v) is 13.4. The number of benzene rings is 2. The smallest absolute Gasteiger partial charge is 0.315 e. The van der Waals surface area contributed by atoms with Gasteiger partial charge in [0.15, 0.2) is 0 Å². The maximum Gasteiger partial charge on any atom is 0.315 e. The molecule has 0 aliphatic carbocycles. The summed E-state index contributed by atoms with van der Waals surface area (Å²) in [5, 5.41) is 5.48. The molecule has 4 nitrogen and oxygen atoms in total. The summed E-state index contributed by atoms with van der Waals surface area (Å²) in [5.41, 5.74) is 2.95. The maximum atomic E-state index is 12.1. The van der Waals surface area contributed by atoms with E-state index < -0.39 is 13.0 Å². The van der Waals surface area contributed by atoms with E-state index in [1.807, 2.05) is 31.2 Å². The summed E-state index contributed by atoms with van der Waals surface area (Å²) < 4.78 is 29.2. The zero-order valence-electron chi connectivity index (χ0n) is 13.4. The number of amides is 2. The van der Waals surface area contributed by atoms with E-state index in [1.54, 1.807) is 24.3 Å². The van der Waals surface area contributed by atoms with E-state index in [0.717, 1.165) is 16.7 Å². The number of halogens is 2. The second kappa shape index (κ2) is 8.86. The topological polar surface area (TPSA) is 50.4 Å². The molecule has 0 aliphatic heterocycles. The van der Waals surface area contributed by atoms with Crippen LogP contribution in [0.25, 0.3) is 0 Å². The molecule has 0 saturated carbocycles. The quantitative estimate of drug-likeness (QED) is 0.812. The Labute approximate surface area is 139 Å². The van der Waals surface area contributed by atoms with Gasteiger partial charge in [-0.1, -0.05) is 42.0 Å². The van der Waals surface area contributed by atoms with E-state index in [2.05, 4.69) is 10.6 Å². The van der Waals surface area contributed by atoms with E-state index in [-0.39, 0.29) is 12.6 Å². The first-order valence-corrected chi connectivity index (χ1v) is 7.60. The number of carbonyl (C=O) groups excluding carboxylic acids is 1. The van der Waals surface area contributed by atoms with Gasteiger partial charge in [0.05, 0.1) is 0 Å². The fourth-order valence-corrected chi connectivity index (χ4v) is 2.04. The van der Waals surface area contributed by atoms with Crippen LogP contribution in [0.15, 0.2) is 48.5 Å². The third kappa shape index (κ3) is 6.24. The van der Waals surface area contributed by atoms with Gasteiger partial charge >= 0.3 is 6.03 Å². The van der Waals surface area contributed by atoms with E-state index in [9.17, 15) is 13.6 Å². The molecule has 0 aliphatic rings. The molecule has 0 fully saturated rings. The minimum Gasteiger partial charge on any atom is -0.488 e. The van der Waals surface area contributed by atoms with Crippen LogP contribution in [-0.2, 0) is 13.1 Å². The van der Waals surface area contributed by atoms with Crippen molar-refractivity contribution < 1.29 is 18.3 Å². The second-order valence-electron chi connectivity index (χ2n) is 5.37. The van der Waals surface area contributed by atoms with Crippen molar-refractivity contribution in [2.75, 3.05) is 6.61 Å². The van der Waals surface area contributed by atoms with Crippen molar-refractivity contribution in [3.8, 4) is 5.75 Å². The van der Waals surface area contributed by atoms with Crippen LogP contribution in [0.1, 0.15) is 16.7 Å². The molecule has 2 aromatic carbocycles. The van der Waals surface area contributed by atoms with Crippen LogP contribution in [0.2, 0.25) is 0 Å². The summed E-state index contributed by atoms with van der Waals surface area (Å²) in [5.74, 6) is 0.356. The van der Waals surface area contributed by atoms with Crippen molar-refractivity contribution in [2.45, 2.75) is 26.4 Å². The molecule has 0 unspecified atom stereocenters. The molecule has 2 rings (SSSR count). The molecule has 0 spiro atoms. The molecule has 2 aromatic rings. The van der Waals surface area contributed by atoms with Crippen LogP contribution in [0.5, 0.6) is 5.75 Å². The van der Waals surface area contributed by atoms with Gasteiger partial charge in [-0.15, -0.1) is 0 Å². The van der Waals surface area contributed by atoms with Crippen molar-refractivity contribution in [1.29, 1.82) is 0 Å². The predicted molar refractivity (Wildman–Crippen MR) is 88.2 cm³/mol. The van der Waals surface area contributed by atoms with E-state index >= 15 is 0 Å². The third-order valence-electron chi connectivity index (χ3n) is 3.30. The van der Waals surface area contributed by atoms with Crippen LogP contribution in [0, 0.1) is 6.92 Å². The molecule has 0 bridgehead atoms. The minimum absolute atomic E-state index is 0.283. The highest BCUT2D eigenvalue weighted by Crippen LogP contribution is 2.14. The molecule has 0 radical (unpaired) electrons. The Kier molecular flexibility index (Phi) is 6.54. The summed E-state index contributed by atoms with van der Waals surface area (Å²) in [4.78, 5) is 11.8. The van der Waals surface area contributed by atoms with Crippen LogP contribution < -0.4 is 15.4 Å². The van der Waals surface area contributed by atoms with Crippen LogP contribution >= 0.6 is 0 Å². The Hall–Kier alpha value is -2.63. The lowest BCUT2D eigenvalue weighted by molar-refractivity contribution is 0.0818. The highest BCUT2D eigenvalue weighted by Gasteiger charge is 2.05. The fourth-order valence-electron chi connectivity index (χ4n) is 2.04. The van der Waals surface area contributed by atoms with Crippen LogP contribution in [0.4, 0.5) is 13.6 Å². The first-order chi connectivity index (χ1) is 11.5. The van der Waals surface area contributed by atoms with Gasteiger partial charge in [-0.05, 0) is 30.2 Å². The van der Waals surface area contributed by atoms with Crippen molar-refractivity contribution in [3.63, 3.8) is 0 Å². The Morgan fingerprint density at radius 2 is 1.71 bits per heavy atom.